The first kappa shape index (κ1) is 15.6. The number of nitrogens with one attached hydrogen (secondary N) is 1. The van der Waals surface area contributed by atoms with Crippen molar-refractivity contribution in [2.75, 3.05) is 23.3 Å². The van der Waals surface area contributed by atoms with E-state index in [1.807, 2.05) is 47.8 Å². The van der Waals surface area contributed by atoms with E-state index in [0.29, 0.717) is 6.54 Å². The van der Waals surface area contributed by atoms with Gasteiger partial charge in [-0.3, -0.25) is 4.79 Å². The van der Waals surface area contributed by atoms with E-state index in [2.05, 4.69) is 33.5 Å². The van der Waals surface area contributed by atoms with Gasteiger partial charge in [-0.2, -0.15) is 5.10 Å². The Morgan fingerprint density at radius 3 is 2.86 bits per heavy atom. The topological polar surface area (TPSA) is 62.5 Å². The van der Waals surface area contributed by atoms with Gasteiger partial charge in [0.1, 0.15) is 5.82 Å². The molecule has 0 bridgehead atoms. The molecule has 6 rings (SSSR count). The second kappa shape index (κ2) is 5.32. The molecule has 4 heterocycles. The molecule has 1 fully saturated rings. The summed E-state index contributed by atoms with van der Waals surface area (Å²) in [4.78, 5) is 20.1. The Morgan fingerprint density at radius 1 is 1.11 bits per heavy atom. The van der Waals surface area contributed by atoms with Gasteiger partial charge in [-0.05, 0) is 37.1 Å². The van der Waals surface area contributed by atoms with Crippen molar-refractivity contribution < 1.29 is 4.79 Å². The minimum atomic E-state index is -0.498. The molecule has 6 heteroatoms. The van der Waals surface area contributed by atoms with Crippen molar-refractivity contribution in [3.63, 3.8) is 0 Å². The fraction of sp³-hybridized carbons (Fsp3) is 0.227. The molecule has 1 unspecified atom stereocenters. The maximum Gasteiger partial charge on any atom is 0.236 e. The number of aromatic nitrogens is 3. The quantitative estimate of drug-likeness (QED) is 0.559. The molecule has 2 aliphatic heterocycles. The molecule has 0 radical (unpaired) electrons. The van der Waals surface area contributed by atoms with Crippen LogP contribution in [0, 0.1) is 6.92 Å². The molecule has 1 amide bonds. The molecule has 2 aromatic heterocycles. The summed E-state index contributed by atoms with van der Waals surface area (Å²) in [6.45, 7) is 3.41. The fourth-order valence-corrected chi connectivity index (χ4v) is 4.77. The lowest BCUT2D eigenvalue weighted by Gasteiger charge is -2.24. The first-order valence-corrected chi connectivity index (χ1v) is 9.57. The lowest BCUT2D eigenvalue weighted by atomic mass is 9.81. The number of carbonyl (C=O) groups excluding carboxylic acids is 1. The van der Waals surface area contributed by atoms with Crippen molar-refractivity contribution in [2.45, 2.75) is 18.8 Å². The van der Waals surface area contributed by atoms with Crippen molar-refractivity contribution in [1.29, 1.82) is 0 Å². The van der Waals surface area contributed by atoms with Gasteiger partial charge in [-0.1, -0.05) is 30.3 Å². The molecule has 1 N–H and O–H groups in total. The maximum absolute atomic E-state index is 12.9. The predicted octanol–water partition coefficient (Wildman–Crippen LogP) is 3.29. The summed E-state index contributed by atoms with van der Waals surface area (Å²) in [6, 6.07) is 18.2. The first-order valence-electron chi connectivity index (χ1n) is 9.57. The molecule has 1 spiro atoms. The highest BCUT2D eigenvalue weighted by Crippen LogP contribution is 2.45. The van der Waals surface area contributed by atoms with Crippen molar-refractivity contribution in [3.05, 3.63) is 65.9 Å². The van der Waals surface area contributed by atoms with E-state index in [1.165, 1.54) is 0 Å². The van der Waals surface area contributed by atoms with E-state index in [-0.39, 0.29) is 5.91 Å². The molecule has 4 aromatic rings. The first-order chi connectivity index (χ1) is 13.7. The van der Waals surface area contributed by atoms with E-state index in [0.717, 1.165) is 52.3 Å². The Morgan fingerprint density at radius 2 is 1.93 bits per heavy atom. The Labute approximate surface area is 161 Å². The molecule has 28 heavy (non-hydrogen) atoms. The number of amides is 1. The second-order valence-corrected chi connectivity index (χ2v) is 7.76. The minimum absolute atomic E-state index is 0.0989. The van der Waals surface area contributed by atoms with E-state index in [4.69, 9.17) is 4.98 Å². The van der Waals surface area contributed by atoms with Gasteiger partial charge in [0.15, 0.2) is 5.65 Å². The number of nitrogens with zero attached hydrogens (tertiary/aromatic N) is 4. The van der Waals surface area contributed by atoms with Gasteiger partial charge in [0, 0.05) is 30.2 Å². The molecule has 1 saturated heterocycles. The van der Waals surface area contributed by atoms with Crippen LogP contribution in [0.4, 0.5) is 11.5 Å². The third-order valence-electron chi connectivity index (χ3n) is 6.10. The van der Waals surface area contributed by atoms with E-state index < -0.39 is 5.41 Å². The largest absolute Gasteiger partial charge is 0.355 e. The van der Waals surface area contributed by atoms with Gasteiger partial charge in [-0.25, -0.2) is 9.50 Å². The third-order valence-corrected chi connectivity index (χ3v) is 6.10. The van der Waals surface area contributed by atoms with E-state index >= 15 is 0 Å². The Kier molecular flexibility index (Phi) is 2.97. The normalized spacial score (nSPS) is 21.0. The zero-order valence-corrected chi connectivity index (χ0v) is 15.5. The molecule has 2 aromatic carbocycles. The van der Waals surface area contributed by atoms with Crippen molar-refractivity contribution in [2.24, 2.45) is 0 Å². The lowest BCUT2D eigenvalue weighted by Crippen LogP contribution is -2.37. The van der Waals surface area contributed by atoms with Crippen LogP contribution >= 0.6 is 0 Å². The second-order valence-electron chi connectivity index (χ2n) is 7.76. The lowest BCUT2D eigenvalue weighted by molar-refractivity contribution is -0.120. The summed E-state index contributed by atoms with van der Waals surface area (Å²) in [5, 5.41) is 8.72. The summed E-state index contributed by atoms with van der Waals surface area (Å²) in [5.74, 6) is 1.03. The van der Waals surface area contributed by atoms with Crippen molar-refractivity contribution in [3.8, 4) is 0 Å². The van der Waals surface area contributed by atoms with E-state index in [1.54, 1.807) is 0 Å². The number of anilines is 2. The Hall–Kier alpha value is -3.41. The Balaban J connectivity index is 1.51. The van der Waals surface area contributed by atoms with Crippen LogP contribution in [0.2, 0.25) is 0 Å². The number of para-hydroxylation sites is 2. The monoisotopic (exact) mass is 369 g/mol. The number of rotatable bonds is 1. The molecule has 2 aliphatic rings. The van der Waals surface area contributed by atoms with Crippen LogP contribution in [-0.4, -0.2) is 33.6 Å². The molecule has 6 nitrogen and oxygen atoms in total. The van der Waals surface area contributed by atoms with Crippen LogP contribution in [0.1, 0.15) is 17.7 Å². The number of fused-ring (bicyclic) bond motifs is 5. The zero-order chi connectivity index (χ0) is 18.9. The smallest absolute Gasteiger partial charge is 0.236 e. The molecular formula is C22H19N5O. The number of benzene rings is 2. The van der Waals surface area contributed by atoms with Gasteiger partial charge in [0.2, 0.25) is 5.91 Å². The van der Waals surface area contributed by atoms with Crippen LogP contribution in [-0.2, 0) is 10.2 Å². The number of aryl methyl sites for hydroxylation is 1. The van der Waals surface area contributed by atoms with Crippen LogP contribution < -0.4 is 10.2 Å². The SMILES string of the molecule is Cc1cc2nc(N3CCC4(C3)C(=O)Nc3ccccc34)c3ccccc3n2n1. The standard InChI is InChI=1S/C22H19N5O/c1-14-12-19-24-20(15-6-2-5-9-18(15)27(19)25-14)26-11-10-22(13-26)16-7-3-4-8-17(16)23-21(22)28/h2-9,12H,10-11,13H2,1H3,(H,23,28). The van der Waals surface area contributed by atoms with Gasteiger partial charge < -0.3 is 10.2 Å². The predicted molar refractivity (Wildman–Crippen MR) is 109 cm³/mol. The van der Waals surface area contributed by atoms with Gasteiger partial charge >= 0.3 is 0 Å². The molecule has 138 valence electrons. The molecule has 0 saturated carbocycles. The molecule has 0 aliphatic carbocycles. The highest BCUT2D eigenvalue weighted by molar-refractivity contribution is 6.07. The summed E-state index contributed by atoms with van der Waals surface area (Å²) in [6.07, 6.45) is 0.787. The average molecular weight is 369 g/mol. The number of hydrogen-bond donors (Lipinski definition) is 1. The summed E-state index contributed by atoms with van der Waals surface area (Å²) in [5.41, 5.74) is 4.36. The summed E-state index contributed by atoms with van der Waals surface area (Å²) < 4.78 is 1.90. The van der Waals surface area contributed by atoms with Gasteiger partial charge in [0.25, 0.3) is 0 Å². The summed E-state index contributed by atoms with van der Waals surface area (Å²) >= 11 is 0. The minimum Gasteiger partial charge on any atom is -0.355 e. The van der Waals surface area contributed by atoms with Crippen LogP contribution in [0.15, 0.2) is 54.6 Å². The third kappa shape index (κ3) is 1.94. The number of carbonyl (C=O) groups is 1. The molecule has 1 atom stereocenters. The van der Waals surface area contributed by atoms with Crippen LogP contribution in [0.3, 0.4) is 0 Å². The van der Waals surface area contributed by atoms with Crippen LogP contribution in [0.5, 0.6) is 0 Å². The molecular weight excluding hydrogens is 350 g/mol. The van der Waals surface area contributed by atoms with Crippen molar-refractivity contribution >= 4 is 34.0 Å². The van der Waals surface area contributed by atoms with Gasteiger partial charge in [0.05, 0.1) is 16.6 Å². The number of hydrogen-bond acceptors (Lipinski definition) is 4. The zero-order valence-electron chi connectivity index (χ0n) is 15.5. The highest BCUT2D eigenvalue weighted by atomic mass is 16.2. The van der Waals surface area contributed by atoms with E-state index in [9.17, 15) is 4.79 Å². The highest BCUT2D eigenvalue weighted by Gasteiger charge is 2.51. The Bertz CT molecular complexity index is 1280. The summed E-state index contributed by atoms with van der Waals surface area (Å²) in [7, 11) is 0. The average Bonchev–Trinajstić information content (AvgIpc) is 3.38. The van der Waals surface area contributed by atoms with Crippen LogP contribution in [0.25, 0.3) is 16.6 Å². The van der Waals surface area contributed by atoms with Gasteiger partial charge in [-0.15, -0.1) is 0 Å². The fourth-order valence-electron chi connectivity index (χ4n) is 4.77. The maximum atomic E-state index is 12.9. The van der Waals surface area contributed by atoms with Crippen molar-refractivity contribution in [1.82, 2.24) is 14.6 Å².